The molecule has 3 nitrogen and oxygen atoms in total. The van der Waals surface area contributed by atoms with Crippen molar-refractivity contribution < 1.29 is 4.79 Å². The summed E-state index contributed by atoms with van der Waals surface area (Å²) in [5.74, 6) is 0.112. The molecular formula is C16H24N2O. The summed E-state index contributed by atoms with van der Waals surface area (Å²) >= 11 is 0. The second-order valence-corrected chi connectivity index (χ2v) is 5.74. The summed E-state index contributed by atoms with van der Waals surface area (Å²) in [4.78, 5) is 14.0. The molecule has 0 bridgehead atoms. The number of rotatable bonds is 4. The largest absolute Gasteiger partial charge is 0.353 e. The van der Waals surface area contributed by atoms with E-state index >= 15 is 0 Å². The molecule has 1 N–H and O–H groups in total. The van der Waals surface area contributed by atoms with Gasteiger partial charge in [0, 0.05) is 12.1 Å². The monoisotopic (exact) mass is 260 g/mol. The fourth-order valence-electron chi connectivity index (χ4n) is 2.89. The van der Waals surface area contributed by atoms with Gasteiger partial charge in [-0.05, 0) is 51.3 Å². The van der Waals surface area contributed by atoms with Crippen LogP contribution in [-0.2, 0) is 11.2 Å². The van der Waals surface area contributed by atoms with Gasteiger partial charge in [-0.1, -0.05) is 24.3 Å². The van der Waals surface area contributed by atoms with Crippen LogP contribution in [0.2, 0.25) is 0 Å². The fraction of sp³-hybridized carbons (Fsp3) is 0.562. The lowest BCUT2D eigenvalue weighted by Gasteiger charge is -2.33. The van der Waals surface area contributed by atoms with Crippen LogP contribution in [0.25, 0.3) is 0 Å². The number of nitrogens with zero attached hydrogens (tertiary/aromatic N) is 1. The van der Waals surface area contributed by atoms with Gasteiger partial charge in [-0.15, -0.1) is 0 Å². The average Bonchev–Trinajstić information content (AvgIpc) is 2.36. The maximum Gasteiger partial charge on any atom is 0.234 e. The number of hydrogen-bond acceptors (Lipinski definition) is 2. The first-order chi connectivity index (χ1) is 9.08. The Kier molecular flexibility index (Phi) is 4.59. The summed E-state index contributed by atoms with van der Waals surface area (Å²) in [7, 11) is 2.05. The molecule has 0 saturated heterocycles. The Morgan fingerprint density at radius 1 is 1.42 bits per heavy atom. The fourth-order valence-corrected chi connectivity index (χ4v) is 2.89. The summed E-state index contributed by atoms with van der Waals surface area (Å²) < 4.78 is 0. The minimum absolute atomic E-state index is 0.112. The van der Waals surface area contributed by atoms with Gasteiger partial charge in [-0.25, -0.2) is 0 Å². The number of carbonyl (C=O) groups is 1. The van der Waals surface area contributed by atoms with E-state index in [-0.39, 0.29) is 11.9 Å². The molecule has 1 amide bonds. The lowest BCUT2D eigenvalue weighted by atomic mass is 9.87. The molecule has 0 aromatic heterocycles. The van der Waals surface area contributed by atoms with Gasteiger partial charge >= 0.3 is 0 Å². The lowest BCUT2D eigenvalue weighted by Crippen LogP contribution is -2.40. The summed E-state index contributed by atoms with van der Waals surface area (Å²) in [5, 5.41) is 2.96. The van der Waals surface area contributed by atoms with Crippen LogP contribution in [0, 0.1) is 0 Å². The maximum absolute atomic E-state index is 11.9. The second kappa shape index (κ2) is 6.20. The molecule has 19 heavy (non-hydrogen) atoms. The normalized spacial score (nSPS) is 18.5. The summed E-state index contributed by atoms with van der Waals surface area (Å²) in [6.45, 7) is 4.46. The van der Waals surface area contributed by atoms with Crippen LogP contribution in [0.3, 0.4) is 0 Å². The Bertz CT molecular complexity index is 442. The molecule has 0 saturated carbocycles. The first kappa shape index (κ1) is 14.1. The van der Waals surface area contributed by atoms with Crippen molar-refractivity contribution in [3.63, 3.8) is 0 Å². The molecule has 104 valence electrons. The Balaban J connectivity index is 2.04. The number of fused-ring (bicyclic) bond motifs is 1. The molecule has 1 aromatic rings. The molecule has 0 radical (unpaired) electrons. The zero-order chi connectivity index (χ0) is 13.8. The summed E-state index contributed by atoms with van der Waals surface area (Å²) in [5.41, 5.74) is 2.84. The molecule has 1 aliphatic rings. The number of nitrogens with one attached hydrogen (secondary N) is 1. The highest BCUT2D eigenvalue weighted by atomic mass is 16.2. The molecule has 0 spiro atoms. The highest BCUT2D eigenvalue weighted by Crippen LogP contribution is 2.33. The molecule has 0 fully saturated rings. The van der Waals surface area contributed by atoms with Crippen molar-refractivity contribution >= 4 is 5.91 Å². The Hall–Kier alpha value is -1.35. The Morgan fingerprint density at radius 2 is 2.16 bits per heavy atom. The van der Waals surface area contributed by atoms with E-state index in [1.54, 1.807) is 0 Å². The van der Waals surface area contributed by atoms with Crippen molar-refractivity contribution in [1.82, 2.24) is 10.2 Å². The minimum atomic E-state index is 0.112. The van der Waals surface area contributed by atoms with Crippen LogP contribution < -0.4 is 5.32 Å². The predicted octanol–water partition coefficient (Wildman–Crippen LogP) is 2.52. The highest BCUT2D eigenvalue weighted by molar-refractivity contribution is 5.78. The standard InChI is InChI=1S/C16H24N2O/c1-12(2)17-16(19)11-18(3)15-10-6-8-13-7-4-5-9-14(13)15/h4-5,7,9,12,15H,6,8,10-11H2,1-3H3,(H,17,19)/t15-/m0/s1. The summed E-state index contributed by atoms with van der Waals surface area (Å²) in [6.07, 6.45) is 3.51. The van der Waals surface area contributed by atoms with Gasteiger partial charge in [0.25, 0.3) is 0 Å². The van der Waals surface area contributed by atoms with E-state index in [1.807, 2.05) is 20.9 Å². The number of aryl methyl sites for hydroxylation is 1. The van der Waals surface area contributed by atoms with Crippen LogP contribution in [0.4, 0.5) is 0 Å². The van der Waals surface area contributed by atoms with Crippen LogP contribution >= 0.6 is 0 Å². The van der Waals surface area contributed by atoms with Gasteiger partial charge in [-0.2, -0.15) is 0 Å². The van der Waals surface area contributed by atoms with Crippen LogP contribution in [0.15, 0.2) is 24.3 Å². The zero-order valence-corrected chi connectivity index (χ0v) is 12.1. The zero-order valence-electron chi connectivity index (χ0n) is 12.1. The third-order valence-corrected chi connectivity index (χ3v) is 3.71. The molecule has 1 aliphatic carbocycles. The molecule has 3 heteroatoms. The number of benzene rings is 1. The van der Waals surface area contributed by atoms with Crippen LogP contribution in [0.5, 0.6) is 0 Å². The van der Waals surface area contributed by atoms with Gasteiger partial charge in [0.15, 0.2) is 0 Å². The van der Waals surface area contributed by atoms with E-state index in [0.717, 1.165) is 6.42 Å². The van der Waals surface area contributed by atoms with Crippen molar-refractivity contribution in [2.24, 2.45) is 0 Å². The molecule has 0 heterocycles. The maximum atomic E-state index is 11.9. The molecule has 1 atom stereocenters. The Labute approximate surface area is 116 Å². The molecule has 1 aromatic carbocycles. The topological polar surface area (TPSA) is 32.3 Å². The van der Waals surface area contributed by atoms with E-state index in [0.29, 0.717) is 12.6 Å². The molecule has 0 unspecified atom stereocenters. The van der Waals surface area contributed by atoms with E-state index in [2.05, 4.69) is 34.5 Å². The van der Waals surface area contributed by atoms with Crippen molar-refractivity contribution in [2.45, 2.75) is 45.2 Å². The third-order valence-electron chi connectivity index (χ3n) is 3.71. The number of hydrogen-bond donors (Lipinski definition) is 1. The highest BCUT2D eigenvalue weighted by Gasteiger charge is 2.24. The first-order valence-electron chi connectivity index (χ1n) is 7.15. The number of amides is 1. The van der Waals surface area contributed by atoms with Crippen LogP contribution in [-0.4, -0.2) is 30.4 Å². The number of likely N-dealkylation sites (N-methyl/N-ethyl adjacent to an activating group) is 1. The molecule has 2 rings (SSSR count). The third kappa shape index (κ3) is 3.57. The second-order valence-electron chi connectivity index (χ2n) is 5.74. The smallest absolute Gasteiger partial charge is 0.234 e. The molecule has 0 aliphatic heterocycles. The van der Waals surface area contributed by atoms with Crippen LogP contribution in [0.1, 0.15) is 43.9 Å². The van der Waals surface area contributed by atoms with Gasteiger partial charge < -0.3 is 5.32 Å². The number of carbonyl (C=O) groups excluding carboxylic acids is 1. The minimum Gasteiger partial charge on any atom is -0.353 e. The van der Waals surface area contributed by atoms with Crippen molar-refractivity contribution in [3.8, 4) is 0 Å². The molecular weight excluding hydrogens is 236 g/mol. The predicted molar refractivity (Wildman–Crippen MR) is 78.0 cm³/mol. The van der Waals surface area contributed by atoms with Gasteiger partial charge in [-0.3, -0.25) is 9.69 Å². The van der Waals surface area contributed by atoms with E-state index in [9.17, 15) is 4.79 Å². The van der Waals surface area contributed by atoms with Crippen molar-refractivity contribution in [3.05, 3.63) is 35.4 Å². The average molecular weight is 260 g/mol. The van der Waals surface area contributed by atoms with Gasteiger partial charge in [0.1, 0.15) is 0 Å². The van der Waals surface area contributed by atoms with Crippen molar-refractivity contribution in [1.29, 1.82) is 0 Å². The Morgan fingerprint density at radius 3 is 2.89 bits per heavy atom. The lowest BCUT2D eigenvalue weighted by molar-refractivity contribution is -0.123. The quantitative estimate of drug-likeness (QED) is 0.902. The summed E-state index contributed by atoms with van der Waals surface area (Å²) in [6, 6.07) is 9.20. The van der Waals surface area contributed by atoms with E-state index in [4.69, 9.17) is 0 Å². The van der Waals surface area contributed by atoms with E-state index in [1.165, 1.54) is 24.0 Å². The van der Waals surface area contributed by atoms with Gasteiger partial charge in [0.2, 0.25) is 5.91 Å². The first-order valence-corrected chi connectivity index (χ1v) is 7.15. The van der Waals surface area contributed by atoms with Crippen molar-refractivity contribution in [2.75, 3.05) is 13.6 Å². The van der Waals surface area contributed by atoms with E-state index < -0.39 is 0 Å². The SMILES string of the molecule is CC(C)NC(=O)CN(C)[C@H]1CCCc2ccccc21. The van der Waals surface area contributed by atoms with Gasteiger partial charge in [0.05, 0.1) is 6.54 Å².